The van der Waals surface area contributed by atoms with Crippen molar-refractivity contribution in [2.24, 2.45) is 0 Å². The van der Waals surface area contributed by atoms with E-state index in [-0.39, 0.29) is 5.91 Å². The molecule has 0 spiro atoms. The number of likely N-dealkylation sites (N-methyl/N-ethyl adjacent to an activating group) is 1. The first-order valence-corrected chi connectivity index (χ1v) is 13.4. The number of rotatable bonds is 8. The summed E-state index contributed by atoms with van der Waals surface area (Å²) >= 11 is 0. The SMILES string of the molecule is CCc1cncc(-c2ccnc(Nc3cc(NC(=O)c4ccc(CN5CCN(C)CC5)cc4)ccc3C)n2)c1. The third-order valence-corrected chi connectivity index (χ3v) is 7.11. The van der Waals surface area contributed by atoms with Crippen LogP contribution in [0.15, 0.2) is 73.2 Å². The number of amides is 1. The molecule has 0 radical (unpaired) electrons. The van der Waals surface area contributed by atoms with Gasteiger partial charge in [-0.3, -0.25) is 14.7 Å². The standard InChI is InChI=1S/C31H35N7O/c1-4-23-17-26(20-32-19-23)28-11-12-33-31(35-28)36-29-18-27(10-5-22(29)2)34-30(39)25-8-6-24(7-9-25)21-38-15-13-37(3)14-16-38/h5-12,17-20H,4,13-16,21H2,1-3H3,(H,34,39)(H,33,35,36). The summed E-state index contributed by atoms with van der Waals surface area (Å²) in [6.45, 7) is 9.35. The van der Waals surface area contributed by atoms with Crippen LogP contribution < -0.4 is 10.6 Å². The molecule has 0 aliphatic carbocycles. The van der Waals surface area contributed by atoms with Crippen molar-refractivity contribution in [3.05, 3.63) is 95.4 Å². The van der Waals surface area contributed by atoms with Crippen molar-refractivity contribution >= 4 is 23.2 Å². The fraction of sp³-hybridized carbons (Fsp3) is 0.290. The molecule has 4 aromatic rings. The Bertz CT molecular complexity index is 1430. The fourth-order valence-electron chi connectivity index (χ4n) is 4.58. The molecule has 0 atom stereocenters. The summed E-state index contributed by atoms with van der Waals surface area (Å²) in [6.07, 6.45) is 6.33. The van der Waals surface area contributed by atoms with Gasteiger partial charge in [0.15, 0.2) is 0 Å². The van der Waals surface area contributed by atoms with E-state index < -0.39 is 0 Å². The van der Waals surface area contributed by atoms with Gasteiger partial charge in [-0.2, -0.15) is 0 Å². The number of anilines is 3. The molecule has 8 nitrogen and oxygen atoms in total. The van der Waals surface area contributed by atoms with Gasteiger partial charge in [0.2, 0.25) is 5.95 Å². The van der Waals surface area contributed by atoms with E-state index in [0.29, 0.717) is 17.2 Å². The molecule has 1 fully saturated rings. The Hall–Kier alpha value is -4.14. The molecular weight excluding hydrogens is 486 g/mol. The topological polar surface area (TPSA) is 86.3 Å². The van der Waals surface area contributed by atoms with E-state index in [9.17, 15) is 4.79 Å². The zero-order chi connectivity index (χ0) is 27.2. The molecule has 39 heavy (non-hydrogen) atoms. The number of pyridine rings is 1. The van der Waals surface area contributed by atoms with Crippen LogP contribution in [-0.4, -0.2) is 63.9 Å². The highest BCUT2D eigenvalue weighted by atomic mass is 16.1. The van der Waals surface area contributed by atoms with Gasteiger partial charge in [0, 0.05) is 73.8 Å². The van der Waals surface area contributed by atoms with Crippen LogP contribution in [0, 0.1) is 6.92 Å². The monoisotopic (exact) mass is 521 g/mol. The third-order valence-electron chi connectivity index (χ3n) is 7.11. The average molecular weight is 522 g/mol. The zero-order valence-corrected chi connectivity index (χ0v) is 22.8. The first-order valence-electron chi connectivity index (χ1n) is 13.4. The predicted octanol–water partition coefficient (Wildman–Crippen LogP) is 5.15. The van der Waals surface area contributed by atoms with Crippen LogP contribution in [0.4, 0.5) is 17.3 Å². The minimum Gasteiger partial charge on any atom is -0.324 e. The van der Waals surface area contributed by atoms with Crippen LogP contribution in [-0.2, 0) is 13.0 Å². The van der Waals surface area contributed by atoms with E-state index in [4.69, 9.17) is 4.98 Å². The maximum Gasteiger partial charge on any atom is 0.255 e. The van der Waals surface area contributed by atoms with Crippen LogP contribution in [0.3, 0.4) is 0 Å². The molecule has 0 bridgehead atoms. The molecule has 3 heterocycles. The number of aromatic nitrogens is 3. The highest BCUT2D eigenvalue weighted by Gasteiger charge is 2.14. The van der Waals surface area contributed by atoms with Crippen LogP contribution in [0.2, 0.25) is 0 Å². The quantitative estimate of drug-likeness (QED) is 0.332. The predicted molar refractivity (Wildman–Crippen MR) is 156 cm³/mol. The van der Waals surface area contributed by atoms with E-state index in [1.165, 1.54) is 5.56 Å². The van der Waals surface area contributed by atoms with Gasteiger partial charge in [-0.05, 0) is 73.5 Å². The Morgan fingerprint density at radius 2 is 1.74 bits per heavy atom. The summed E-state index contributed by atoms with van der Waals surface area (Å²) in [7, 11) is 2.16. The molecule has 0 unspecified atom stereocenters. The van der Waals surface area contributed by atoms with Crippen molar-refractivity contribution in [3.63, 3.8) is 0 Å². The highest BCUT2D eigenvalue weighted by Crippen LogP contribution is 2.25. The maximum absolute atomic E-state index is 13.0. The first-order chi connectivity index (χ1) is 19.0. The number of hydrogen-bond donors (Lipinski definition) is 2. The summed E-state index contributed by atoms with van der Waals surface area (Å²) < 4.78 is 0. The van der Waals surface area contributed by atoms with Gasteiger partial charge in [-0.15, -0.1) is 0 Å². The van der Waals surface area contributed by atoms with E-state index >= 15 is 0 Å². The summed E-state index contributed by atoms with van der Waals surface area (Å²) in [6, 6.07) is 17.6. The van der Waals surface area contributed by atoms with Gasteiger partial charge in [0.25, 0.3) is 5.91 Å². The van der Waals surface area contributed by atoms with E-state index in [2.05, 4.69) is 50.4 Å². The lowest BCUT2D eigenvalue weighted by Crippen LogP contribution is -2.43. The Labute approximate surface area is 230 Å². The van der Waals surface area contributed by atoms with E-state index in [1.807, 2.05) is 67.8 Å². The minimum absolute atomic E-state index is 0.141. The van der Waals surface area contributed by atoms with Crippen LogP contribution >= 0.6 is 0 Å². The summed E-state index contributed by atoms with van der Waals surface area (Å²) in [5.41, 5.74) is 7.30. The molecule has 8 heteroatoms. The summed E-state index contributed by atoms with van der Waals surface area (Å²) in [4.78, 5) is 31.2. The Morgan fingerprint density at radius 1 is 0.949 bits per heavy atom. The molecular formula is C31H35N7O. The second-order valence-corrected chi connectivity index (χ2v) is 10.1. The second kappa shape index (κ2) is 12.1. The lowest BCUT2D eigenvalue weighted by atomic mass is 10.1. The molecule has 1 amide bonds. The normalized spacial score (nSPS) is 14.2. The number of nitrogens with one attached hydrogen (secondary N) is 2. The first kappa shape index (κ1) is 26.5. The van der Waals surface area contributed by atoms with Gasteiger partial charge in [0.05, 0.1) is 5.69 Å². The average Bonchev–Trinajstić information content (AvgIpc) is 2.96. The van der Waals surface area contributed by atoms with E-state index in [0.717, 1.165) is 67.2 Å². The highest BCUT2D eigenvalue weighted by molar-refractivity contribution is 6.04. The maximum atomic E-state index is 13.0. The molecule has 2 aromatic heterocycles. The lowest BCUT2D eigenvalue weighted by Gasteiger charge is -2.32. The molecule has 1 saturated heterocycles. The van der Waals surface area contributed by atoms with Gasteiger partial charge in [-0.25, -0.2) is 9.97 Å². The van der Waals surface area contributed by atoms with Crippen molar-refractivity contribution < 1.29 is 4.79 Å². The Balaban J connectivity index is 1.24. The van der Waals surface area contributed by atoms with Crippen molar-refractivity contribution in [3.8, 4) is 11.3 Å². The number of aryl methyl sites for hydroxylation is 2. The molecule has 2 aromatic carbocycles. The van der Waals surface area contributed by atoms with Crippen molar-refractivity contribution in [2.45, 2.75) is 26.8 Å². The van der Waals surface area contributed by atoms with Crippen LogP contribution in [0.1, 0.15) is 34.0 Å². The van der Waals surface area contributed by atoms with Crippen LogP contribution in [0.25, 0.3) is 11.3 Å². The number of benzene rings is 2. The third kappa shape index (κ3) is 6.85. The van der Waals surface area contributed by atoms with Gasteiger partial charge in [0.1, 0.15) is 0 Å². The zero-order valence-electron chi connectivity index (χ0n) is 22.8. The van der Waals surface area contributed by atoms with Gasteiger partial charge < -0.3 is 15.5 Å². The second-order valence-electron chi connectivity index (χ2n) is 10.1. The summed E-state index contributed by atoms with van der Waals surface area (Å²) in [5.74, 6) is 0.342. The number of carbonyl (C=O) groups is 1. The van der Waals surface area contributed by atoms with Crippen molar-refractivity contribution in [1.29, 1.82) is 0 Å². The lowest BCUT2D eigenvalue weighted by molar-refractivity contribution is 0.102. The van der Waals surface area contributed by atoms with Crippen LogP contribution in [0.5, 0.6) is 0 Å². The number of carbonyl (C=O) groups excluding carboxylic acids is 1. The molecule has 2 N–H and O–H groups in total. The molecule has 0 saturated carbocycles. The van der Waals surface area contributed by atoms with Gasteiger partial charge >= 0.3 is 0 Å². The minimum atomic E-state index is -0.141. The number of hydrogen-bond acceptors (Lipinski definition) is 7. The number of nitrogens with zero attached hydrogens (tertiary/aromatic N) is 5. The van der Waals surface area contributed by atoms with Crippen molar-refractivity contribution in [2.75, 3.05) is 43.9 Å². The molecule has 200 valence electrons. The fourth-order valence-corrected chi connectivity index (χ4v) is 4.58. The smallest absolute Gasteiger partial charge is 0.255 e. The Kier molecular flexibility index (Phi) is 8.24. The van der Waals surface area contributed by atoms with E-state index in [1.54, 1.807) is 6.20 Å². The molecule has 5 rings (SSSR count). The molecule has 1 aliphatic heterocycles. The molecule has 1 aliphatic rings. The summed E-state index contributed by atoms with van der Waals surface area (Å²) in [5, 5.41) is 6.33. The largest absolute Gasteiger partial charge is 0.324 e. The van der Waals surface area contributed by atoms with Gasteiger partial charge in [-0.1, -0.05) is 25.1 Å². The van der Waals surface area contributed by atoms with Crippen molar-refractivity contribution in [1.82, 2.24) is 24.8 Å². The Morgan fingerprint density at radius 3 is 2.51 bits per heavy atom. The number of piperazine rings is 1.